The molecule has 1 N–H and O–H groups in total. The Morgan fingerprint density at radius 3 is 2.25 bits per heavy atom. The van der Waals surface area contributed by atoms with Gasteiger partial charge in [-0.3, -0.25) is 0 Å². The molecule has 0 aromatic heterocycles. The number of aryl methyl sites for hydroxylation is 3. The minimum atomic E-state index is 0.688. The third-order valence-electron chi connectivity index (χ3n) is 3.43. The Labute approximate surface area is 121 Å². The molecule has 0 bridgehead atoms. The van der Waals surface area contributed by atoms with Crippen molar-refractivity contribution in [1.29, 1.82) is 0 Å². The SMILES string of the molecule is Cc1cc(C)c(CNCCOc2ccccc2)c(C)c1. The lowest BCUT2D eigenvalue weighted by atomic mass is 10.00. The van der Waals surface area contributed by atoms with Crippen LogP contribution in [-0.2, 0) is 6.54 Å². The predicted octanol–water partition coefficient (Wildman–Crippen LogP) is 3.78. The molecule has 20 heavy (non-hydrogen) atoms. The minimum absolute atomic E-state index is 0.688. The van der Waals surface area contributed by atoms with Gasteiger partial charge in [0.25, 0.3) is 0 Å². The first-order valence-electron chi connectivity index (χ1n) is 7.12. The highest BCUT2D eigenvalue weighted by molar-refractivity contribution is 5.37. The second kappa shape index (κ2) is 7.11. The van der Waals surface area contributed by atoms with E-state index < -0.39 is 0 Å². The molecule has 2 nitrogen and oxygen atoms in total. The van der Waals surface area contributed by atoms with Crippen molar-refractivity contribution in [2.75, 3.05) is 13.2 Å². The van der Waals surface area contributed by atoms with Gasteiger partial charge in [0.15, 0.2) is 0 Å². The van der Waals surface area contributed by atoms with Crippen molar-refractivity contribution in [2.24, 2.45) is 0 Å². The van der Waals surface area contributed by atoms with E-state index in [4.69, 9.17) is 4.74 Å². The van der Waals surface area contributed by atoms with Crippen molar-refractivity contribution in [3.63, 3.8) is 0 Å². The average Bonchev–Trinajstić information content (AvgIpc) is 2.42. The van der Waals surface area contributed by atoms with E-state index in [1.807, 2.05) is 30.3 Å². The van der Waals surface area contributed by atoms with E-state index in [1.165, 1.54) is 22.3 Å². The van der Waals surface area contributed by atoms with Gasteiger partial charge >= 0.3 is 0 Å². The van der Waals surface area contributed by atoms with Crippen LogP contribution < -0.4 is 10.1 Å². The molecule has 0 heterocycles. The zero-order valence-electron chi connectivity index (χ0n) is 12.6. The van der Waals surface area contributed by atoms with E-state index in [-0.39, 0.29) is 0 Å². The Bertz CT molecular complexity index is 526. The Morgan fingerprint density at radius 2 is 1.60 bits per heavy atom. The molecule has 0 atom stereocenters. The Morgan fingerprint density at radius 1 is 0.950 bits per heavy atom. The molecule has 0 aliphatic heterocycles. The van der Waals surface area contributed by atoms with Crippen LogP contribution in [0.4, 0.5) is 0 Å². The summed E-state index contributed by atoms with van der Waals surface area (Å²) >= 11 is 0. The number of hydrogen-bond donors (Lipinski definition) is 1. The number of nitrogens with one attached hydrogen (secondary N) is 1. The second-order valence-electron chi connectivity index (χ2n) is 5.22. The Balaban J connectivity index is 1.76. The van der Waals surface area contributed by atoms with Crippen molar-refractivity contribution < 1.29 is 4.74 Å². The molecule has 0 unspecified atom stereocenters. The summed E-state index contributed by atoms with van der Waals surface area (Å²) < 4.78 is 5.66. The summed E-state index contributed by atoms with van der Waals surface area (Å²) in [6.07, 6.45) is 0. The highest BCUT2D eigenvalue weighted by atomic mass is 16.5. The average molecular weight is 269 g/mol. The van der Waals surface area contributed by atoms with Crippen LogP contribution in [0, 0.1) is 20.8 Å². The quantitative estimate of drug-likeness (QED) is 0.806. The molecule has 0 saturated heterocycles. The smallest absolute Gasteiger partial charge is 0.119 e. The molecule has 0 aliphatic rings. The summed E-state index contributed by atoms with van der Waals surface area (Å²) in [4.78, 5) is 0. The van der Waals surface area contributed by atoms with Gasteiger partial charge in [-0.2, -0.15) is 0 Å². The summed E-state index contributed by atoms with van der Waals surface area (Å²) in [6, 6.07) is 14.4. The van der Waals surface area contributed by atoms with Gasteiger partial charge < -0.3 is 10.1 Å². The highest BCUT2D eigenvalue weighted by Gasteiger charge is 2.03. The zero-order valence-corrected chi connectivity index (χ0v) is 12.6. The van der Waals surface area contributed by atoms with Crippen molar-refractivity contribution in [1.82, 2.24) is 5.32 Å². The van der Waals surface area contributed by atoms with E-state index in [0.29, 0.717) is 6.61 Å². The van der Waals surface area contributed by atoms with Crippen molar-refractivity contribution in [3.05, 3.63) is 64.7 Å². The molecular formula is C18H23NO. The van der Waals surface area contributed by atoms with Gasteiger partial charge in [-0.1, -0.05) is 35.9 Å². The third-order valence-corrected chi connectivity index (χ3v) is 3.43. The Hall–Kier alpha value is -1.80. The molecule has 0 fully saturated rings. The molecule has 2 rings (SSSR count). The van der Waals surface area contributed by atoms with Gasteiger partial charge in [0.2, 0.25) is 0 Å². The first-order valence-corrected chi connectivity index (χ1v) is 7.12. The van der Waals surface area contributed by atoms with E-state index in [2.05, 4.69) is 38.2 Å². The Kier molecular flexibility index (Phi) is 5.19. The zero-order chi connectivity index (χ0) is 14.4. The van der Waals surface area contributed by atoms with E-state index in [1.54, 1.807) is 0 Å². The summed E-state index contributed by atoms with van der Waals surface area (Å²) in [5.74, 6) is 0.928. The highest BCUT2D eigenvalue weighted by Crippen LogP contribution is 2.16. The molecule has 0 spiro atoms. The number of rotatable bonds is 6. The molecule has 0 radical (unpaired) electrons. The summed E-state index contributed by atoms with van der Waals surface area (Å²) in [5, 5.41) is 3.45. The maximum Gasteiger partial charge on any atom is 0.119 e. The first-order chi connectivity index (χ1) is 9.66. The van der Waals surface area contributed by atoms with Crippen LogP contribution in [0.15, 0.2) is 42.5 Å². The number of hydrogen-bond acceptors (Lipinski definition) is 2. The van der Waals surface area contributed by atoms with Gasteiger partial charge in [-0.15, -0.1) is 0 Å². The van der Waals surface area contributed by atoms with Crippen molar-refractivity contribution in [3.8, 4) is 5.75 Å². The lowest BCUT2D eigenvalue weighted by Crippen LogP contribution is -2.21. The van der Waals surface area contributed by atoms with Crippen LogP contribution in [0.1, 0.15) is 22.3 Å². The molecule has 2 heteroatoms. The normalized spacial score (nSPS) is 10.6. The summed E-state index contributed by atoms with van der Waals surface area (Å²) in [6.45, 7) is 8.94. The van der Waals surface area contributed by atoms with E-state index >= 15 is 0 Å². The van der Waals surface area contributed by atoms with Crippen LogP contribution >= 0.6 is 0 Å². The topological polar surface area (TPSA) is 21.3 Å². The lowest BCUT2D eigenvalue weighted by Gasteiger charge is -2.12. The first kappa shape index (κ1) is 14.6. The molecule has 0 amide bonds. The van der Waals surface area contributed by atoms with Gasteiger partial charge in [0.1, 0.15) is 12.4 Å². The van der Waals surface area contributed by atoms with Gasteiger partial charge in [0, 0.05) is 13.1 Å². The maximum absolute atomic E-state index is 5.66. The van der Waals surface area contributed by atoms with Gasteiger partial charge in [0.05, 0.1) is 0 Å². The molecular weight excluding hydrogens is 246 g/mol. The monoisotopic (exact) mass is 269 g/mol. The number of ether oxygens (including phenoxy) is 1. The second-order valence-corrected chi connectivity index (χ2v) is 5.22. The molecule has 0 saturated carbocycles. The number of para-hydroxylation sites is 1. The largest absolute Gasteiger partial charge is 0.492 e. The molecule has 2 aromatic carbocycles. The van der Waals surface area contributed by atoms with E-state index in [0.717, 1.165) is 18.8 Å². The maximum atomic E-state index is 5.66. The van der Waals surface area contributed by atoms with Gasteiger partial charge in [-0.25, -0.2) is 0 Å². The van der Waals surface area contributed by atoms with E-state index in [9.17, 15) is 0 Å². The number of benzene rings is 2. The van der Waals surface area contributed by atoms with Crippen molar-refractivity contribution >= 4 is 0 Å². The fourth-order valence-electron chi connectivity index (χ4n) is 2.46. The molecule has 0 aliphatic carbocycles. The lowest BCUT2D eigenvalue weighted by molar-refractivity contribution is 0.313. The summed E-state index contributed by atoms with van der Waals surface area (Å²) in [5.41, 5.74) is 5.45. The molecule has 2 aromatic rings. The predicted molar refractivity (Wildman–Crippen MR) is 84.3 cm³/mol. The van der Waals surface area contributed by atoms with Crippen LogP contribution in [0.2, 0.25) is 0 Å². The van der Waals surface area contributed by atoms with Crippen LogP contribution in [0.25, 0.3) is 0 Å². The van der Waals surface area contributed by atoms with Gasteiger partial charge in [-0.05, 0) is 49.6 Å². The van der Waals surface area contributed by atoms with Crippen LogP contribution in [0.3, 0.4) is 0 Å². The summed E-state index contributed by atoms with van der Waals surface area (Å²) in [7, 11) is 0. The standard InChI is InChI=1S/C18H23NO/c1-14-11-15(2)18(16(3)12-14)13-19-9-10-20-17-7-5-4-6-8-17/h4-8,11-12,19H,9-10,13H2,1-3H3. The fraction of sp³-hybridized carbons (Fsp3) is 0.333. The molecule has 106 valence electrons. The third kappa shape index (κ3) is 4.10. The minimum Gasteiger partial charge on any atom is -0.492 e. The van der Waals surface area contributed by atoms with Crippen molar-refractivity contribution in [2.45, 2.75) is 27.3 Å². The fourth-order valence-corrected chi connectivity index (χ4v) is 2.46. The van der Waals surface area contributed by atoms with Crippen LogP contribution in [0.5, 0.6) is 5.75 Å². The van der Waals surface area contributed by atoms with Crippen LogP contribution in [-0.4, -0.2) is 13.2 Å².